The molecule has 0 atom stereocenters. The molecule has 4 heterocycles. The van der Waals surface area contributed by atoms with Crippen molar-refractivity contribution < 1.29 is 26.3 Å². The van der Waals surface area contributed by atoms with Crippen LogP contribution in [0.4, 0.5) is 26.3 Å². The average Bonchev–Trinajstić information content (AvgIpc) is 3.96. The van der Waals surface area contributed by atoms with Crippen molar-refractivity contribution in [3.8, 4) is 76.2 Å². The molecule has 282 valence electrons. The van der Waals surface area contributed by atoms with Gasteiger partial charge in [0, 0.05) is 27.7 Å². The number of hydrogen-bond donors (Lipinski definition) is 0. The Morgan fingerprint density at radius 2 is 0.772 bits per heavy atom. The fourth-order valence-corrected chi connectivity index (χ4v) is 8.60. The normalized spacial score (nSPS) is 13.4. The van der Waals surface area contributed by atoms with Crippen LogP contribution < -0.4 is 0 Å². The Bertz CT molecular complexity index is 2620. The van der Waals surface area contributed by atoms with Gasteiger partial charge in [0.05, 0.1) is 22.5 Å². The van der Waals surface area contributed by atoms with Crippen LogP contribution in [0.25, 0.3) is 76.2 Å². The molecule has 0 radical (unpaired) electrons. The molecule has 1 aliphatic rings. The first-order valence-electron chi connectivity index (χ1n) is 17.5. The first kappa shape index (κ1) is 36.5. The molecule has 6 nitrogen and oxygen atoms in total. The summed E-state index contributed by atoms with van der Waals surface area (Å²) >= 11 is 2.77. The molecule has 8 aromatic rings. The molecule has 1 aliphatic carbocycles. The number of fused-ring (bicyclic) bond motifs is 3. The molecule has 0 saturated carbocycles. The first-order valence-corrected chi connectivity index (χ1v) is 19.1. The van der Waals surface area contributed by atoms with Gasteiger partial charge >= 0.3 is 12.4 Å². The van der Waals surface area contributed by atoms with Crippen LogP contribution in [-0.2, 0) is 17.8 Å². The predicted molar refractivity (Wildman–Crippen MR) is 209 cm³/mol. The number of aromatic nitrogens is 6. The van der Waals surface area contributed by atoms with Crippen molar-refractivity contribution in [2.24, 2.45) is 0 Å². The Balaban J connectivity index is 0.955. The second-order valence-electron chi connectivity index (χ2n) is 13.9. The zero-order valence-corrected chi connectivity index (χ0v) is 31.4. The maximum absolute atomic E-state index is 13.1. The molecule has 0 amide bonds. The van der Waals surface area contributed by atoms with Crippen molar-refractivity contribution in [1.29, 1.82) is 0 Å². The van der Waals surface area contributed by atoms with Gasteiger partial charge in [-0.1, -0.05) is 97.2 Å². The highest BCUT2D eigenvalue weighted by molar-refractivity contribution is 7.18. The van der Waals surface area contributed by atoms with Gasteiger partial charge in [0.2, 0.25) is 0 Å². The number of rotatable bonds is 6. The lowest BCUT2D eigenvalue weighted by atomic mass is 9.81. The quantitative estimate of drug-likeness (QED) is 0.156. The van der Waals surface area contributed by atoms with Crippen molar-refractivity contribution >= 4 is 22.7 Å². The van der Waals surface area contributed by atoms with Crippen LogP contribution in [0.15, 0.2) is 121 Å². The third-order valence-corrected chi connectivity index (χ3v) is 12.0. The number of nitrogens with zero attached hydrogens (tertiary/aromatic N) is 6. The van der Waals surface area contributed by atoms with Gasteiger partial charge in [-0.05, 0) is 82.9 Å². The third kappa shape index (κ3) is 6.78. The molecule has 9 rings (SSSR count). The van der Waals surface area contributed by atoms with E-state index in [9.17, 15) is 26.3 Å². The zero-order valence-electron chi connectivity index (χ0n) is 29.8. The van der Waals surface area contributed by atoms with Crippen LogP contribution >= 0.6 is 22.7 Å². The van der Waals surface area contributed by atoms with Crippen molar-refractivity contribution in [3.05, 3.63) is 144 Å². The predicted octanol–water partition coefficient (Wildman–Crippen LogP) is 12.5. The Hall–Kier alpha value is -6.12. The van der Waals surface area contributed by atoms with Crippen molar-refractivity contribution in [2.75, 3.05) is 0 Å². The maximum atomic E-state index is 13.1. The molecule has 0 fully saturated rings. The van der Waals surface area contributed by atoms with E-state index in [1.165, 1.54) is 46.9 Å². The molecule has 0 saturated heterocycles. The largest absolute Gasteiger partial charge is 0.416 e. The maximum Gasteiger partial charge on any atom is 0.416 e. The SMILES string of the molecule is CC1(C)c2cc(-c3nnc(-c4cccc(-c5ccc(C(F)(F)F)cc5)n4)s3)ccc2-c2ccc(-c3nnc(-c4cccc(-c5ccc(C(F)(F)F)cc5)n4)s3)cc21. The number of pyridine rings is 2. The fourth-order valence-electron chi connectivity index (χ4n) is 6.98. The molecule has 0 aliphatic heterocycles. The monoisotopic (exact) mass is 804 g/mol. The molecular weight excluding hydrogens is 779 g/mol. The Morgan fingerprint density at radius 3 is 1.16 bits per heavy atom. The number of hydrogen-bond acceptors (Lipinski definition) is 8. The first-order chi connectivity index (χ1) is 27.2. The summed E-state index contributed by atoms with van der Waals surface area (Å²) in [6.45, 7) is 4.35. The van der Waals surface area contributed by atoms with E-state index in [-0.39, 0.29) is 5.41 Å². The van der Waals surface area contributed by atoms with Gasteiger partial charge in [-0.15, -0.1) is 20.4 Å². The Kier molecular flexibility index (Phi) is 8.66. The van der Waals surface area contributed by atoms with E-state index in [0.29, 0.717) is 53.9 Å². The smallest absolute Gasteiger partial charge is 0.245 e. The lowest BCUT2D eigenvalue weighted by molar-refractivity contribution is -0.138. The Morgan fingerprint density at radius 1 is 0.421 bits per heavy atom. The summed E-state index contributed by atoms with van der Waals surface area (Å²) in [5, 5.41) is 20.4. The lowest BCUT2D eigenvalue weighted by Gasteiger charge is -2.22. The summed E-state index contributed by atoms with van der Waals surface area (Å²) in [5.41, 5.74) is 7.81. The van der Waals surface area contributed by atoms with E-state index < -0.39 is 23.5 Å². The van der Waals surface area contributed by atoms with E-state index in [1.807, 2.05) is 12.1 Å². The number of halogens is 6. The van der Waals surface area contributed by atoms with Crippen LogP contribution in [-0.4, -0.2) is 30.4 Å². The highest BCUT2D eigenvalue weighted by atomic mass is 32.1. The van der Waals surface area contributed by atoms with Gasteiger partial charge in [0.15, 0.2) is 10.0 Å². The molecular formula is C43H26F6N6S2. The minimum Gasteiger partial charge on any atom is -0.245 e. The highest BCUT2D eigenvalue weighted by Gasteiger charge is 2.36. The van der Waals surface area contributed by atoms with E-state index >= 15 is 0 Å². The summed E-state index contributed by atoms with van der Waals surface area (Å²) in [4.78, 5) is 9.36. The van der Waals surface area contributed by atoms with E-state index in [2.05, 4.69) is 68.5 Å². The molecule has 0 unspecified atom stereocenters. The highest BCUT2D eigenvalue weighted by Crippen LogP contribution is 2.51. The van der Waals surface area contributed by atoms with Crippen LogP contribution in [0.3, 0.4) is 0 Å². The second-order valence-corrected chi connectivity index (χ2v) is 15.9. The van der Waals surface area contributed by atoms with Crippen LogP contribution in [0.5, 0.6) is 0 Å². The number of alkyl halides is 6. The fraction of sp³-hybridized carbons (Fsp3) is 0.116. The lowest BCUT2D eigenvalue weighted by Crippen LogP contribution is -2.15. The summed E-state index contributed by atoms with van der Waals surface area (Å²) in [6, 6.07) is 33.0. The average molecular weight is 805 g/mol. The minimum absolute atomic E-state index is 0.368. The molecule has 0 spiro atoms. The van der Waals surface area contributed by atoms with Gasteiger partial charge in [0.25, 0.3) is 0 Å². The third-order valence-electron chi connectivity index (χ3n) is 9.97. The van der Waals surface area contributed by atoms with E-state index in [1.54, 1.807) is 36.4 Å². The van der Waals surface area contributed by atoms with Crippen LogP contribution in [0.2, 0.25) is 0 Å². The van der Waals surface area contributed by atoms with Crippen molar-refractivity contribution in [3.63, 3.8) is 0 Å². The van der Waals surface area contributed by atoms with Crippen LogP contribution in [0.1, 0.15) is 36.1 Å². The minimum atomic E-state index is -4.42. The molecule has 0 N–H and O–H groups in total. The summed E-state index contributed by atoms with van der Waals surface area (Å²) in [5.74, 6) is 0. The van der Waals surface area contributed by atoms with Gasteiger partial charge in [-0.25, -0.2) is 9.97 Å². The molecule has 0 bridgehead atoms. The van der Waals surface area contributed by atoms with Gasteiger partial charge < -0.3 is 0 Å². The van der Waals surface area contributed by atoms with Gasteiger partial charge in [-0.2, -0.15) is 26.3 Å². The van der Waals surface area contributed by atoms with Crippen LogP contribution in [0, 0.1) is 0 Å². The van der Waals surface area contributed by atoms with Gasteiger partial charge in [0.1, 0.15) is 21.4 Å². The molecule has 14 heteroatoms. The summed E-state index contributed by atoms with van der Waals surface area (Å²) in [6.07, 6.45) is -8.83. The summed E-state index contributed by atoms with van der Waals surface area (Å²) < 4.78 is 78.5. The second kappa shape index (κ2) is 13.5. The van der Waals surface area contributed by atoms with E-state index in [4.69, 9.17) is 0 Å². The van der Waals surface area contributed by atoms with Crippen molar-refractivity contribution in [1.82, 2.24) is 30.4 Å². The molecule has 4 aromatic heterocycles. The standard InChI is InChI=1S/C43H26F6N6S2/c1-41(2)31-21-25(37-52-54-39(56-37)35-7-3-5-33(50-35)23-9-15-27(16-10-23)42(44,45)46)13-19-29(31)30-20-14-26(22-32(30)41)38-53-55-40(57-38)36-8-4-6-34(51-36)24-11-17-28(18-12-24)43(47,48)49/h3-22H,1-2H3. The topological polar surface area (TPSA) is 77.3 Å². The molecule has 4 aromatic carbocycles. The zero-order chi connectivity index (χ0) is 39.7. The number of benzene rings is 4. The molecule has 57 heavy (non-hydrogen) atoms. The van der Waals surface area contributed by atoms with Gasteiger partial charge in [-0.3, -0.25) is 0 Å². The van der Waals surface area contributed by atoms with E-state index in [0.717, 1.165) is 57.6 Å². The summed E-state index contributed by atoms with van der Waals surface area (Å²) in [7, 11) is 0. The van der Waals surface area contributed by atoms with Crippen molar-refractivity contribution in [2.45, 2.75) is 31.6 Å². The Labute approximate surface area is 329 Å².